The normalized spacial score (nSPS) is 11.9. The van der Waals surface area contributed by atoms with E-state index < -0.39 is 11.9 Å². The van der Waals surface area contributed by atoms with Gasteiger partial charge in [-0.25, -0.2) is 0 Å². The van der Waals surface area contributed by atoms with Gasteiger partial charge in [0.2, 0.25) is 0 Å². The third kappa shape index (κ3) is 2.94. The molecule has 0 spiro atoms. The monoisotopic (exact) mass is 287 g/mol. The summed E-state index contributed by atoms with van der Waals surface area (Å²) in [4.78, 5) is 0. The Bertz CT molecular complexity index is 597. The zero-order chi connectivity index (χ0) is 14.9. The third-order valence-electron chi connectivity index (χ3n) is 2.89. The van der Waals surface area contributed by atoms with Gasteiger partial charge in [-0.05, 0) is 13.8 Å². The van der Waals surface area contributed by atoms with Crippen LogP contribution in [0, 0.1) is 6.92 Å². The summed E-state index contributed by atoms with van der Waals surface area (Å²) in [5.41, 5.74) is 0.134. The maximum Gasteiger partial charge on any atom is 0.435 e. The predicted molar refractivity (Wildman–Crippen MR) is 68.2 cm³/mol. The van der Waals surface area contributed by atoms with Crippen molar-refractivity contribution in [2.24, 2.45) is 7.05 Å². The highest BCUT2D eigenvalue weighted by Crippen LogP contribution is 2.30. The number of hydrogen-bond acceptors (Lipinski definition) is 3. The highest BCUT2D eigenvalue weighted by atomic mass is 19.4. The number of nitrogens with zero attached hydrogens (tertiary/aromatic N) is 4. The third-order valence-corrected chi connectivity index (χ3v) is 2.89. The first-order chi connectivity index (χ1) is 9.31. The first kappa shape index (κ1) is 14.4. The van der Waals surface area contributed by atoms with Gasteiger partial charge in [-0.15, -0.1) is 0 Å². The molecule has 8 heteroatoms. The maximum absolute atomic E-state index is 12.8. The Labute approximate surface area is 114 Å². The van der Waals surface area contributed by atoms with E-state index in [-0.39, 0.29) is 12.1 Å². The first-order valence-electron chi connectivity index (χ1n) is 6.19. The van der Waals surface area contributed by atoms with Gasteiger partial charge in [-0.3, -0.25) is 9.36 Å². The van der Waals surface area contributed by atoms with Crippen LogP contribution in [-0.4, -0.2) is 19.6 Å². The summed E-state index contributed by atoms with van der Waals surface area (Å²) in [6.45, 7) is 4.54. The van der Waals surface area contributed by atoms with Gasteiger partial charge in [0.15, 0.2) is 11.5 Å². The SMILES string of the molecule is CCn1cc(C)c(NCc2cn(C)nc2C(F)(F)F)n1. The Morgan fingerprint density at radius 3 is 2.50 bits per heavy atom. The molecule has 0 amide bonds. The number of hydrogen-bond donors (Lipinski definition) is 1. The molecule has 2 aromatic rings. The van der Waals surface area contributed by atoms with Crippen molar-refractivity contribution in [2.45, 2.75) is 33.1 Å². The van der Waals surface area contributed by atoms with E-state index in [4.69, 9.17) is 0 Å². The van der Waals surface area contributed by atoms with Crippen molar-refractivity contribution >= 4 is 5.82 Å². The lowest BCUT2D eigenvalue weighted by Crippen LogP contribution is -2.12. The lowest BCUT2D eigenvalue weighted by molar-refractivity contribution is -0.142. The molecule has 0 saturated carbocycles. The van der Waals surface area contributed by atoms with Crippen LogP contribution in [0.3, 0.4) is 0 Å². The molecule has 0 atom stereocenters. The molecule has 110 valence electrons. The van der Waals surface area contributed by atoms with Crippen molar-refractivity contribution < 1.29 is 13.2 Å². The predicted octanol–water partition coefficient (Wildman–Crippen LogP) is 2.58. The molecule has 0 aliphatic rings. The molecule has 2 heterocycles. The fourth-order valence-corrected chi connectivity index (χ4v) is 1.94. The van der Waals surface area contributed by atoms with Crippen LogP contribution < -0.4 is 5.32 Å². The van der Waals surface area contributed by atoms with Crippen molar-refractivity contribution in [2.75, 3.05) is 5.32 Å². The standard InChI is InChI=1S/C12H16F3N5/c1-4-20-6-8(2)11(18-20)16-5-9-7-19(3)17-10(9)12(13,14)15/h6-7H,4-5H2,1-3H3,(H,16,18). The average Bonchev–Trinajstić information content (AvgIpc) is 2.89. The molecule has 2 rings (SSSR count). The van der Waals surface area contributed by atoms with Crippen LogP contribution in [0.5, 0.6) is 0 Å². The van der Waals surface area contributed by atoms with E-state index in [1.54, 1.807) is 4.68 Å². The van der Waals surface area contributed by atoms with E-state index >= 15 is 0 Å². The summed E-state index contributed by atoms with van der Waals surface area (Å²) >= 11 is 0. The maximum atomic E-state index is 12.8. The molecule has 0 aliphatic heterocycles. The molecule has 0 radical (unpaired) electrons. The van der Waals surface area contributed by atoms with Crippen LogP contribution >= 0.6 is 0 Å². The van der Waals surface area contributed by atoms with E-state index in [1.807, 2.05) is 20.0 Å². The van der Waals surface area contributed by atoms with Gasteiger partial charge in [0.1, 0.15) is 0 Å². The molecule has 5 nitrogen and oxygen atoms in total. The molecule has 2 aromatic heterocycles. The van der Waals surface area contributed by atoms with Gasteiger partial charge >= 0.3 is 6.18 Å². The number of anilines is 1. The van der Waals surface area contributed by atoms with Crippen LogP contribution in [0.4, 0.5) is 19.0 Å². The minimum absolute atomic E-state index is 0.0320. The first-order valence-corrected chi connectivity index (χ1v) is 6.19. The van der Waals surface area contributed by atoms with Crippen LogP contribution in [0.15, 0.2) is 12.4 Å². The topological polar surface area (TPSA) is 47.7 Å². The Morgan fingerprint density at radius 1 is 1.25 bits per heavy atom. The Hall–Kier alpha value is -1.99. The zero-order valence-electron chi connectivity index (χ0n) is 11.5. The Balaban J connectivity index is 2.16. The van der Waals surface area contributed by atoms with E-state index in [2.05, 4.69) is 15.5 Å². The fraction of sp³-hybridized carbons (Fsp3) is 0.500. The molecule has 0 saturated heterocycles. The Morgan fingerprint density at radius 2 is 1.95 bits per heavy atom. The number of alkyl halides is 3. The number of aryl methyl sites for hydroxylation is 3. The van der Waals surface area contributed by atoms with Crippen LogP contribution in [0.25, 0.3) is 0 Å². The highest BCUT2D eigenvalue weighted by molar-refractivity contribution is 5.42. The van der Waals surface area contributed by atoms with Gasteiger partial charge in [0.25, 0.3) is 0 Å². The summed E-state index contributed by atoms with van der Waals surface area (Å²) in [6.07, 6.45) is -1.24. The lowest BCUT2D eigenvalue weighted by atomic mass is 10.2. The number of aromatic nitrogens is 4. The lowest BCUT2D eigenvalue weighted by Gasteiger charge is -2.07. The van der Waals surface area contributed by atoms with E-state index in [9.17, 15) is 13.2 Å². The summed E-state index contributed by atoms with van der Waals surface area (Å²) in [7, 11) is 1.47. The summed E-state index contributed by atoms with van der Waals surface area (Å²) in [6, 6.07) is 0. The van der Waals surface area contributed by atoms with Crippen LogP contribution in [0.2, 0.25) is 0 Å². The minimum Gasteiger partial charge on any atom is -0.364 e. The van der Waals surface area contributed by atoms with Crippen molar-refractivity contribution in [3.63, 3.8) is 0 Å². The quantitative estimate of drug-likeness (QED) is 0.940. The second-order valence-electron chi connectivity index (χ2n) is 4.54. The summed E-state index contributed by atoms with van der Waals surface area (Å²) in [5, 5.41) is 10.6. The molecule has 0 fully saturated rings. The molecular weight excluding hydrogens is 271 g/mol. The fourth-order valence-electron chi connectivity index (χ4n) is 1.94. The average molecular weight is 287 g/mol. The smallest absolute Gasteiger partial charge is 0.364 e. The summed E-state index contributed by atoms with van der Waals surface area (Å²) < 4.78 is 41.3. The van der Waals surface area contributed by atoms with Crippen molar-refractivity contribution in [3.05, 3.63) is 29.2 Å². The number of nitrogens with one attached hydrogen (secondary N) is 1. The van der Waals surface area contributed by atoms with Gasteiger partial charge < -0.3 is 5.32 Å². The van der Waals surface area contributed by atoms with Gasteiger partial charge in [0.05, 0.1) is 0 Å². The molecule has 1 N–H and O–H groups in total. The van der Waals surface area contributed by atoms with Crippen molar-refractivity contribution in [3.8, 4) is 0 Å². The van der Waals surface area contributed by atoms with Crippen molar-refractivity contribution in [1.29, 1.82) is 0 Å². The highest BCUT2D eigenvalue weighted by Gasteiger charge is 2.36. The molecule has 0 unspecified atom stereocenters. The van der Waals surface area contributed by atoms with Crippen molar-refractivity contribution in [1.82, 2.24) is 19.6 Å². The summed E-state index contributed by atoms with van der Waals surface area (Å²) in [5.74, 6) is 0.587. The second kappa shape index (κ2) is 5.18. The van der Waals surface area contributed by atoms with E-state index in [0.717, 1.165) is 10.2 Å². The molecular formula is C12H16F3N5. The van der Waals surface area contributed by atoms with Gasteiger partial charge in [-0.1, -0.05) is 0 Å². The number of rotatable bonds is 4. The molecule has 0 aromatic carbocycles. The van der Waals surface area contributed by atoms with Crippen LogP contribution in [0.1, 0.15) is 23.7 Å². The zero-order valence-corrected chi connectivity index (χ0v) is 11.5. The van der Waals surface area contributed by atoms with E-state index in [1.165, 1.54) is 13.2 Å². The largest absolute Gasteiger partial charge is 0.435 e. The molecule has 20 heavy (non-hydrogen) atoms. The molecule has 0 aliphatic carbocycles. The van der Waals surface area contributed by atoms with E-state index in [0.29, 0.717) is 12.4 Å². The Kier molecular flexibility index (Phi) is 3.74. The number of halogens is 3. The second-order valence-corrected chi connectivity index (χ2v) is 4.54. The van der Waals surface area contributed by atoms with Gasteiger partial charge in [-0.2, -0.15) is 23.4 Å². The minimum atomic E-state index is -4.45. The van der Waals surface area contributed by atoms with Gasteiger partial charge in [0, 0.05) is 43.7 Å². The molecule has 0 bridgehead atoms. The van der Waals surface area contributed by atoms with Crippen LogP contribution in [-0.2, 0) is 26.3 Å².